The number of rotatable bonds is 2. The predicted molar refractivity (Wildman–Crippen MR) is 47.4 cm³/mol. The first kappa shape index (κ1) is 9.27. The maximum absolute atomic E-state index is 10.6. The van der Waals surface area contributed by atoms with E-state index < -0.39 is 5.97 Å². The Hall–Kier alpha value is -1.82. The van der Waals surface area contributed by atoms with Gasteiger partial charge in [-0.3, -0.25) is 0 Å². The Morgan fingerprint density at radius 2 is 2.31 bits per heavy atom. The second-order valence-electron chi connectivity index (χ2n) is 2.78. The highest BCUT2D eigenvalue weighted by Crippen LogP contribution is 2.15. The van der Waals surface area contributed by atoms with Crippen molar-refractivity contribution >= 4 is 5.97 Å². The standard InChI is InChI=1S/C10H9NO2/c1-7(6-11)8-3-2-4-9(5-8)10(12)13/h2-5,7H,1H3,(H,12,13). The average Bonchev–Trinajstić information content (AvgIpc) is 2.17. The Morgan fingerprint density at radius 3 is 2.85 bits per heavy atom. The number of aromatic carboxylic acids is 1. The van der Waals surface area contributed by atoms with E-state index in [1.807, 2.05) is 0 Å². The fraction of sp³-hybridized carbons (Fsp3) is 0.200. The minimum Gasteiger partial charge on any atom is -0.478 e. The molecule has 0 aliphatic rings. The molecule has 1 N–H and O–H groups in total. The van der Waals surface area contributed by atoms with E-state index in [1.165, 1.54) is 12.1 Å². The number of carboxylic acid groups (broad SMARTS) is 1. The summed E-state index contributed by atoms with van der Waals surface area (Å²) in [6, 6.07) is 8.48. The predicted octanol–water partition coefficient (Wildman–Crippen LogP) is 2.01. The monoisotopic (exact) mass is 175 g/mol. The molecule has 0 fully saturated rings. The second-order valence-corrected chi connectivity index (χ2v) is 2.78. The van der Waals surface area contributed by atoms with Crippen LogP contribution < -0.4 is 0 Å². The van der Waals surface area contributed by atoms with Gasteiger partial charge in [-0.15, -0.1) is 0 Å². The molecule has 0 bridgehead atoms. The van der Waals surface area contributed by atoms with E-state index in [2.05, 4.69) is 6.07 Å². The SMILES string of the molecule is CC(C#N)c1cccc(C(=O)O)c1. The number of carbonyl (C=O) groups is 1. The molecule has 1 rings (SSSR count). The van der Waals surface area contributed by atoms with Crippen molar-refractivity contribution in [3.63, 3.8) is 0 Å². The summed E-state index contributed by atoms with van der Waals surface area (Å²) in [5, 5.41) is 17.3. The van der Waals surface area contributed by atoms with Crippen LogP contribution in [0.2, 0.25) is 0 Å². The normalized spacial score (nSPS) is 11.7. The average molecular weight is 175 g/mol. The van der Waals surface area contributed by atoms with Gasteiger partial charge < -0.3 is 5.11 Å². The third-order valence-corrected chi connectivity index (χ3v) is 1.83. The van der Waals surface area contributed by atoms with Crippen molar-refractivity contribution in [3.05, 3.63) is 35.4 Å². The fourth-order valence-corrected chi connectivity index (χ4v) is 1.02. The fourth-order valence-electron chi connectivity index (χ4n) is 1.02. The number of nitrogens with zero attached hydrogens (tertiary/aromatic N) is 1. The smallest absolute Gasteiger partial charge is 0.335 e. The maximum Gasteiger partial charge on any atom is 0.335 e. The Labute approximate surface area is 76.2 Å². The lowest BCUT2D eigenvalue weighted by Gasteiger charge is -2.02. The number of carboxylic acids is 1. The zero-order valence-electron chi connectivity index (χ0n) is 7.19. The van der Waals surface area contributed by atoms with Crippen LogP contribution in [0.3, 0.4) is 0 Å². The number of hydrogen-bond donors (Lipinski definition) is 1. The third kappa shape index (κ3) is 2.06. The van der Waals surface area contributed by atoms with E-state index in [4.69, 9.17) is 10.4 Å². The topological polar surface area (TPSA) is 61.1 Å². The highest BCUT2D eigenvalue weighted by atomic mass is 16.4. The van der Waals surface area contributed by atoms with Gasteiger partial charge in [-0.1, -0.05) is 12.1 Å². The molecule has 13 heavy (non-hydrogen) atoms. The van der Waals surface area contributed by atoms with Gasteiger partial charge in [0.15, 0.2) is 0 Å². The van der Waals surface area contributed by atoms with Gasteiger partial charge in [0.25, 0.3) is 0 Å². The molecule has 3 nitrogen and oxygen atoms in total. The van der Waals surface area contributed by atoms with Crippen molar-refractivity contribution in [1.29, 1.82) is 5.26 Å². The van der Waals surface area contributed by atoms with Crippen LogP contribution in [0.1, 0.15) is 28.8 Å². The Bertz CT molecular complexity index is 365. The van der Waals surface area contributed by atoms with Gasteiger partial charge in [-0.2, -0.15) is 5.26 Å². The van der Waals surface area contributed by atoms with Crippen LogP contribution in [0.5, 0.6) is 0 Å². The van der Waals surface area contributed by atoms with E-state index in [0.29, 0.717) is 0 Å². The molecule has 0 spiro atoms. The molecule has 1 atom stereocenters. The lowest BCUT2D eigenvalue weighted by atomic mass is 10.0. The van der Waals surface area contributed by atoms with Crippen LogP contribution in [0.15, 0.2) is 24.3 Å². The van der Waals surface area contributed by atoms with Gasteiger partial charge in [0, 0.05) is 0 Å². The van der Waals surface area contributed by atoms with E-state index in [-0.39, 0.29) is 11.5 Å². The summed E-state index contributed by atoms with van der Waals surface area (Å²) in [6.07, 6.45) is 0. The van der Waals surface area contributed by atoms with Crippen LogP contribution in [0.25, 0.3) is 0 Å². The van der Waals surface area contributed by atoms with Crippen molar-refractivity contribution in [3.8, 4) is 6.07 Å². The largest absolute Gasteiger partial charge is 0.478 e. The van der Waals surface area contributed by atoms with Crippen LogP contribution >= 0.6 is 0 Å². The molecular weight excluding hydrogens is 166 g/mol. The summed E-state index contributed by atoms with van der Waals surface area (Å²) in [6.45, 7) is 1.74. The van der Waals surface area contributed by atoms with Crippen molar-refractivity contribution in [2.24, 2.45) is 0 Å². The molecule has 0 saturated heterocycles. The second kappa shape index (κ2) is 3.72. The lowest BCUT2D eigenvalue weighted by molar-refractivity contribution is 0.0697. The molecule has 1 aromatic rings. The van der Waals surface area contributed by atoms with Gasteiger partial charge >= 0.3 is 5.97 Å². The number of benzene rings is 1. The van der Waals surface area contributed by atoms with Crippen molar-refractivity contribution < 1.29 is 9.90 Å². The molecule has 1 unspecified atom stereocenters. The summed E-state index contributed by atoms with van der Waals surface area (Å²) in [5.41, 5.74) is 0.960. The summed E-state index contributed by atoms with van der Waals surface area (Å²) in [4.78, 5) is 10.6. The molecule has 3 heteroatoms. The molecular formula is C10H9NO2. The van der Waals surface area contributed by atoms with Gasteiger partial charge in [0.05, 0.1) is 17.6 Å². The highest BCUT2D eigenvalue weighted by molar-refractivity contribution is 5.87. The lowest BCUT2D eigenvalue weighted by Crippen LogP contribution is -1.98. The van der Waals surface area contributed by atoms with E-state index in [9.17, 15) is 4.79 Å². The first-order valence-corrected chi connectivity index (χ1v) is 3.88. The molecule has 66 valence electrons. The third-order valence-electron chi connectivity index (χ3n) is 1.83. The number of nitriles is 1. The molecule has 0 amide bonds. The molecule has 0 aliphatic carbocycles. The zero-order chi connectivity index (χ0) is 9.84. The molecule has 1 aromatic carbocycles. The van der Waals surface area contributed by atoms with Gasteiger partial charge in [0.2, 0.25) is 0 Å². The summed E-state index contributed by atoms with van der Waals surface area (Å²) in [7, 11) is 0. The van der Waals surface area contributed by atoms with Gasteiger partial charge in [-0.25, -0.2) is 4.79 Å². The van der Waals surface area contributed by atoms with Gasteiger partial charge in [0.1, 0.15) is 0 Å². The van der Waals surface area contributed by atoms with Crippen LogP contribution in [-0.2, 0) is 0 Å². The molecule has 0 saturated carbocycles. The first-order valence-electron chi connectivity index (χ1n) is 3.88. The van der Waals surface area contributed by atoms with Crippen molar-refractivity contribution in [2.45, 2.75) is 12.8 Å². The summed E-state index contributed by atoms with van der Waals surface area (Å²) in [5.74, 6) is -1.23. The Kier molecular flexibility index (Phi) is 2.65. The molecule has 0 aliphatic heterocycles. The minimum atomic E-state index is -0.966. The van der Waals surface area contributed by atoms with Crippen LogP contribution in [-0.4, -0.2) is 11.1 Å². The number of hydrogen-bond acceptors (Lipinski definition) is 2. The maximum atomic E-state index is 10.6. The van der Waals surface area contributed by atoms with Crippen LogP contribution in [0.4, 0.5) is 0 Å². The van der Waals surface area contributed by atoms with Crippen molar-refractivity contribution in [2.75, 3.05) is 0 Å². The van der Waals surface area contributed by atoms with Gasteiger partial charge in [-0.05, 0) is 24.6 Å². The van der Waals surface area contributed by atoms with Crippen molar-refractivity contribution in [1.82, 2.24) is 0 Å². The Morgan fingerprint density at radius 1 is 1.62 bits per heavy atom. The van der Waals surface area contributed by atoms with Crippen LogP contribution in [0, 0.1) is 11.3 Å². The van der Waals surface area contributed by atoms with E-state index >= 15 is 0 Å². The zero-order valence-corrected chi connectivity index (χ0v) is 7.19. The molecule has 0 heterocycles. The summed E-state index contributed by atoms with van der Waals surface area (Å²) >= 11 is 0. The summed E-state index contributed by atoms with van der Waals surface area (Å²) < 4.78 is 0. The molecule has 0 aromatic heterocycles. The first-order chi connectivity index (χ1) is 6.15. The quantitative estimate of drug-likeness (QED) is 0.747. The molecule has 0 radical (unpaired) electrons. The van der Waals surface area contributed by atoms with E-state index in [1.54, 1.807) is 19.1 Å². The highest BCUT2D eigenvalue weighted by Gasteiger charge is 2.07. The minimum absolute atomic E-state index is 0.222. The Balaban J connectivity index is 3.07. The van der Waals surface area contributed by atoms with E-state index in [0.717, 1.165) is 5.56 Å².